The summed E-state index contributed by atoms with van der Waals surface area (Å²) in [5.74, 6) is -0.386. The SMILES string of the molecule is CNc1c(Cl)cc(C[C@@H](NC(=O)N2CCC(N3Cc4ccccc4NC3=O)CC2)C(=O)N2CCN(c3ccncc3)CC2)cc1C(F)(F)F. The Bertz CT molecular complexity index is 1680. The third kappa shape index (κ3) is 7.64. The van der Waals surface area contributed by atoms with Crippen LogP contribution in [0.5, 0.6) is 0 Å². The van der Waals surface area contributed by atoms with Crippen LogP contribution in [0.4, 0.5) is 39.8 Å². The second-order valence-corrected chi connectivity index (χ2v) is 12.8. The summed E-state index contributed by atoms with van der Waals surface area (Å²) in [6, 6.07) is 11.9. The Morgan fingerprint density at radius 2 is 1.69 bits per heavy atom. The molecule has 2 fully saturated rings. The number of likely N-dealkylation sites (tertiary alicyclic amines) is 1. The summed E-state index contributed by atoms with van der Waals surface area (Å²) >= 11 is 6.27. The summed E-state index contributed by atoms with van der Waals surface area (Å²) in [6.45, 7) is 2.97. The van der Waals surface area contributed by atoms with Crippen molar-refractivity contribution in [3.05, 3.63) is 82.6 Å². The summed E-state index contributed by atoms with van der Waals surface area (Å²) in [6.07, 6.45) is -0.418. The number of para-hydroxylation sites is 1. The molecule has 0 unspecified atom stereocenters. The van der Waals surface area contributed by atoms with Crippen LogP contribution in [0.1, 0.15) is 29.5 Å². The molecule has 3 N–H and O–H groups in total. The molecule has 0 aliphatic carbocycles. The smallest absolute Gasteiger partial charge is 0.386 e. The molecule has 2 saturated heterocycles. The van der Waals surface area contributed by atoms with Gasteiger partial charge in [-0.2, -0.15) is 13.2 Å². The fraction of sp³-hybridized carbons (Fsp3) is 0.412. The van der Waals surface area contributed by atoms with Crippen LogP contribution < -0.4 is 20.9 Å². The zero-order valence-electron chi connectivity index (χ0n) is 27.0. The van der Waals surface area contributed by atoms with E-state index in [0.717, 1.165) is 23.0 Å². The quantitative estimate of drug-likeness (QED) is 0.310. The molecule has 6 rings (SSSR count). The Hall–Kier alpha value is -4.72. The predicted octanol–water partition coefficient (Wildman–Crippen LogP) is 5.28. The maximum atomic E-state index is 14.0. The highest BCUT2D eigenvalue weighted by atomic mass is 35.5. The van der Waals surface area contributed by atoms with E-state index in [1.807, 2.05) is 36.4 Å². The number of nitrogens with zero attached hydrogens (tertiary/aromatic N) is 5. The van der Waals surface area contributed by atoms with Crippen molar-refractivity contribution < 1.29 is 27.6 Å². The molecule has 3 aliphatic rings. The van der Waals surface area contributed by atoms with Gasteiger partial charge in [-0.25, -0.2) is 9.59 Å². The van der Waals surface area contributed by atoms with E-state index in [2.05, 4.69) is 25.8 Å². The molecular weight excluding hydrogens is 661 g/mol. The fourth-order valence-corrected chi connectivity index (χ4v) is 7.13. The van der Waals surface area contributed by atoms with Crippen molar-refractivity contribution in [3.63, 3.8) is 0 Å². The zero-order valence-corrected chi connectivity index (χ0v) is 27.7. The van der Waals surface area contributed by atoms with Crippen LogP contribution in [0.25, 0.3) is 0 Å². The predicted molar refractivity (Wildman–Crippen MR) is 181 cm³/mol. The van der Waals surface area contributed by atoms with Crippen molar-refractivity contribution >= 4 is 46.6 Å². The maximum absolute atomic E-state index is 14.0. The lowest BCUT2D eigenvalue weighted by Crippen LogP contribution is -2.58. The van der Waals surface area contributed by atoms with Gasteiger partial charge >= 0.3 is 18.2 Å². The minimum atomic E-state index is -4.69. The van der Waals surface area contributed by atoms with E-state index in [-0.39, 0.29) is 40.7 Å². The number of urea groups is 2. The van der Waals surface area contributed by atoms with E-state index in [9.17, 15) is 27.6 Å². The second-order valence-electron chi connectivity index (χ2n) is 12.4. The van der Waals surface area contributed by atoms with Crippen LogP contribution in [-0.4, -0.2) is 96.1 Å². The van der Waals surface area contributed by atoms with Crippen molar-refractivity contribution in [2.45, 2.75) is 44.1 Å². The number of carbonyl (C=O) groups excluding carboxylic acids is 3. The number of rotatable bonds is 7. The molecule has 260 valence electrons. The van der Waals surface area contributed by atoms with Crippen LogP contribution in [-0.2, 0) is 23.9 Å². The number of hydrogen-bond acceptors (Lipinski definition) is 6. The van der Waals surface area contributed by atoms with Gasteiger partial charge < -0.3 is 35.6 Å². The van der Waals surface area contributed by atoms with Crippen LogP contribution in [0.2, 0.25) is 5.02 Å². The summed E-state index contributed by atoms with van der Waals surface area (Å²) in [5, 5.41) is 8.15. The lowest BCUT2D eigenvalue weighted by molar-refractivity contribution is -0.137. The van der Waals surface area contributed by atoms with Crippen molar-refractivity contribution in [1.82, 2.24) is 25.0 Å². The van der Waals surface area contributed by atoms with Crippen molar-refractivity contribution in [2.24, 2.45) is 0 Å². The number of carbonyl (C=O) groups is 3. The second kappa shape index (κ2) is 14.4. The van der Waals surface area contributed by atoms with Crippen molar-refractivity contribution in [2.75, 3.05) is 61.8 Å². The first-order valence-electron chi connectivity index (χ1n) is 16.2. The molecule has 0 bridgehead atoms. The van der Waals surface area contributed by atoms with Crippen LogP contribution in [0.15, 0.2) is 60.9 Å². The summed E-state index contributed by atoms with van der Waals surface area (Å²) in [4.78, 5) is 51.7. The van der Waals surface area contributed by atoms with E-state index in [4.69, 9.17) is 11.6 Å². The fourth-order valence-electron chi connectivity index (χ4n) is 6.79. The Labute approximate surface area is 287 Å². The van der Waals surface area contributed by atoms with E-state index < -0.39 is 23.8 Å². The first-order valence-corrected chi connectivity index (χ1v) is 16.6. The number of benzene rings is 2. The molecule has 15 heteroatoms. The molecule has 2 aromatic carbocycles. The molecule has 11 nitrogen and oxygen atoms in total. The molecule has 1 aromatic heterocycles. The van der Waals surface area contributed by atoms with Crippen LogP contribution in [0, 0.1) is 0 Å². The summed E-state index contributed by atoms with van der Waals surface area (Å²) in [7, 11) is 1.36. The van der Waals surface area contributed by atoms with Crippen molar-refractivity contribution in [1.29, 1.82) is 0 Å². The topological polar surface area (TPSA) is 113 Å². The number of fused-ring (bicyclic) bond motifs is 1. The van der Waals surface area contributed by atoms with E-state index in [0.29, 0.717) is 58.7 Å². The first kappa shape index (κ1) is 34.2. The lowest BCUT2D eigenvalue weighted by atomic mass is 10.00. The highest BCUT2D eigenvalue weighted by Crippen LogP contribution is 2.39. The third-order valence-corrected chi connectivity index (χ3v) is 9.71. The number of pyridine rings is 1. The van der Waals surface area contributed by atoms with Gasteiger partial charge in [0.25, 0.3) is 0 Å². The van der Waals surface area contributed by atoms with E-state index in [1.165, 1.54) is 13.1 Å². The number of piperidine rings is 1. The van der Waals surface area contributed by atoms with E-state index >= 15 is 0 Å². The zero-order chi connectivity index (χ0) is 34.7. The average Bonchev–Trinajstić information content (AvgIpc) is 3.10. The number of nitrogens with one attached hydrogen (secondary N) is 3. The molecule has 0 saturated carbocycles. The van der Waals surface area contributed by atoms with Gasteiger partial charge in [-0.3, -0.25) is 9.78 Å². The molecule has 3 aromatic rings. The molecule has 3 aliphatic heterocycles. The number of amides is 5. The molecule has 49 heavy (non-hydrogen) atoms. The number of halogens is 4. The maximum Gasteiger partial charge on any atom is 0.418 e. The molecule has 0 spiro atoms. The third-order valence-electron chi connectivity index (χ3n) is 9.41. The van der Waals surface area contributed by atoms with E-state index in [1.54, 1.807) is 27.1 Å². The molecule has 1 atom stereocenters. The Morgan fingerprint density at radius 3 is 2.37 bits per heavy atom. The summed E-state index contributed by atoms with van der Waals surface area (Å²) in [5.41, 5.74) is 1.74. The lowest BCUT2D eigenvalue weighted by Gasteiger charge is -2.41. The molecular formula is C34H38ClF3N8O3. The molecule has 0 radical (unpaired) electrons. The first-order chi connectivity index (χ1) is 23.5. The highest BCUT2D eigenvalue weighted by Gasteiger charge is 2.37. The van der Waals surface area contributed by atoms with Crippen molar-refractivity contribution in [3.8, 4) is 0 Å². The van der Waals surface area contributed by atoms with Crippen LogP contribution >= 0.6 is 11.6 Å². The normalized spacial score (nSPS) is 17.7. The number of piperazine rings is 1. The Balaban J connectivity index is 1.16. The number of anilines is 3. The molecule has 4 heterocycles. The standard InChI is InChI=1S/C34H38ClF3N8O3/c1-39-30-26(34(36,37)38)18-22(19-27(30)35)20-29(31(47)44-16-14-43(15-17-44)24-6-10-40-11-7-24)42-32(48)45-12-8-25(9-13-45)46-21-23-4-2-3-5-28(23)41-33(46)49/h2-7,10-11,18-19,25,29,39H,8-9,12-17,20-21H2,1H3,(H,41,49)(H,42,48)/t29-/m1/s1. The Morgan fingerprint density at radius 1 is 1.00 bits per heavy atom. The van der Waals surface area contributed by atoms with Crippen LogP contribution in [0.3, 0.4) is 0 Å². The van der Waals surface area contributed by atoms with Gasteiger partial charge in [0.1, 0.15) is 6.04 Å². The van der Waals surface area contributed by atoms with Gasteiger partial charge in [-0.05, 0) is 54.3 Å². The number of aromatic nitrogens is 1. The van der Waals surface area contributed by atoms with Gasteiger partial charge in [0.2, 0.25) is 5.91 Å². The van der Waals surface area contributed by atoms with Gasteiger partial charge in [0.05, 0.1) is 16.3 Å². The monoisotopic (exact) mass is 698 g/mol. The number of hydrogen-bond donors (Lipinski definition) is 3. The largest absolute Gasteiger partial charge is 0.418 e. The minimum Gasteiger partial charge on any atom is -0.386 e. The minimum absolute atomic E-state index is 0.0832. The van der Waals surface area contributed by atoms with Gasteiger partial charge in [0, 0.05) is 89.1 Å². The van der Waals surface area contributed by atoms with Gasteiger partial charge in [-0.15, -0.1) is 0 Å². The van der Waals surface area contributed by atoms with Gasteiger partial charge in [0.15, 0.2) is 0 Å². The Kier molecular flexibility index (Phi) is 10.0. The average molecular weight is 699 g/mol. The summed E-state index contributed by atoms with van der Waals surface area (Å²) < 4.78 is 42.0. The number of alkyl halides is 3. The highest BCUT2D eigenvalue weighted by molar-refractivity contribution is 6.33. The van der Waals surface area contributed by atoms with Gasteiger partial charge in [-0.1, -0.05) is 29.8 Å². The molecule has 5 amide bonds.